The van der Waals surface area contributed by atoms with Crippen LogP contribution in [0, 0.1) is 5.92 Å². The summed E-state index contributed by atoms with van der Waals surface area (Å²) in [4.78, 5) is 8.00. The largest absolute Gasteiger partial charge is 0.400 e. The van der Waals surface area contributed by atoms with Gasteiger partial charge >= 0.3 is 0 Å². The highest BCUT2D eigenvalue weighted by Gasteiger charge is 2.09. The molecule has 4 heteroatoms. The van der Waals surface area contributed by atoms with E-state index in [0.29, 0.717) is 0 Å². The Bertz CT molecular complexity index is 228. The molecule has 1 aliphatic rings. The van der Waals surface area contributed by atoms with Crippen LogP contribution in [0.1, 0.15) is 21.2 Å². The van der Waals surface area contributed by atoms with Gasteiger partial charge in [-0.3, -0.25) is 0 Å². The van der Waals surface area contributed by atoms with E-state index < -0.39 is 0 Å². The first-order valence-corrected chi connectivity index (χ1v) is 6.30. The van der Waals surface area contributed by atoms with Gasteiger partial charge in [0.15, 0.2) is 0 Å². The van der Waals surface area contributed by atoms with Crippen LogP contribution in [0.15, 0.2) is 37.0 Å². The summed E-state index contributed by atoms with van der Waals surface area (Å²) in [5, 5.41) is 10.3. The summed E-state index contributed by atoms with van der Waals surface area (Å²) in [7, 11) is 1.00. The van der Waals surface area contributed by atoms with Crippen LogP contribution in [-0.2, 0) is 4.79 Å². The highest BCUT2D eigenvalue weighted by atomic mass is 16.2. The molecule has 1 aliphatic heterocycles. The number of aliphatic hydroxyl groups is 1. The van der Waals surface area contributed by atoms with Crippen LogP contribution >= 0.6 is 0 Å². The van der Waals surface area contributed by atoms with E-state index in [1.807, 2.05) is 19.8 Å². The molecule has 0 saturated carbocycles. The molecule has 0 bridgehead atoms. The highest BCUT2D eigenvalue weighted by molar-refractivity contribution is 5.17. The molecule has 0 aromatic rings. The van der Waals surface area contributed by atoms with E-state index in [0.717, 1.165) is 25.1 Å². The maximum Gasteiger partial charge on any atom is 0.106 e. The Morgan fingerprint density at radius 2 is 1.84 bits per heavy atom. The van der Waals surface area contributed by atoms with Gasteiger partial charge in [0.2, 0.25) is 0 Å². The molecule has 114 valence electrons. The Hall–Kier alpha value is -1.23. The molecule has 1 heterocycles. The summed E-state index contributed by atoms with van der Waals surface area (Å²) in [6.07, 6.45) is 8.00. The first-order valence-electron chi connectivity index (χ1n) is 6.30. The number of hydrogen-bond donors (Lipinski definition) is 3. The zero-order valence-electron chi connectivity index (χ0n) is 12.4. The maximum absolute atomic E-state index is 8.00. The van der Waals surface area contributed by atoms with Crippen molar-refractivity contribution in [2.45, 2.75) is 19.8 Å². The summed E-state index contributed by atoms with van der Waals surface area (Å²) in [5.41, 5.74) is 6.62. The SMILES string of the molecule is C=C/C=C(/C)C=C.C=O.CO.NCC1CCNCC1.[HH]. The van der Waals surface area contributed by atoms with E-state index >= 15 is 0 Å². The number of allylic oxidation sites excluding steroid dienone is 4. The van der Waals surface area contributed by atoms with Crippen LogP contribution in [0.2, 0.25) is 0 Å². The summed E-state index contributed by atoms with van der Waals surface area (Å²) in [6.45, 7) is 14.3. The van der Waals surface area contributed by atoms with Crippen molar-refractivity contribution in [2.24, 2.45) is 11.7 Å². The normalized spacial score (nSPS) is 14.4. The number of piperidine rings is 1. The van der Waals surface area contributed by atoms with Gasteiger partial charge in [0.25, 0.3) is 0 Å². The minimum atomic E-state index is 0. The first kappa shape index (κ1) is 22.9. The molecule has 0 aliphatic carbocycles. The van der Waals surface area contributed by atoms with E-state index in [-0.39, 0.29) is 1.43 Å². The summed E-state index contributed by atoms with van der Waals surface area (Å²) in [6, 6.07) is 0. The molecule has 1 saturated heterocycles. The number of nitrogens with two attached hydrogens (primary N) is 1. The van der Waals surface area contributed by atoms with Crippen molar-refractivity contribution in [1.82, 2.24) is 5.32 Å². The van der Waals surface area contributed by atoms with Gasteiger partial charge in [-0.05, 0) is 45.3 Å². The van der Waals surface area contributed by atoms with Crippen LogP contribution in [-0.4, -0.2) is 38.6 Å². The minimum Gasteiger partial charge on any atom is -0.400 e. The summed E-state index contributed by atoms with van der Waals surface area (Å²) in [5.74, 6) is 0.802. The van der Waals surface area contributed by atoms with Crippen molar-refractivity contribution in [3.05, 3.63) is 37.0 Å². The van der Waals surface area contributed by atoms with Gasteiger partial charge in [-0.15, -0.1) is 0 Å². The predicted molar refractivity (Wildman–Crippen MR) is 86.2 cm³/mol. The third-order valence-corrected chi connectivity index (χ3v) is 2.49. The predicted octanol–water partition coefficient (Wildman–Crippen LogP) is 1.92. The average Bonchev–Trinajstić information content (AvgIpc) is 2.53. The molecular weight excluding hydrogens is 240 g/mol. The summed E-state index contributed by atoms with van der Waals surface area (Å²) < 4.78 is 0. The maximum atomic E-state index is 8.00. The van der Waals surface area contributed by atoms with Gasteiger partial charge in [-0.1, -0.05) is 37.0 Å². The number of rotatable bonds is 3. The minimum absolute atomic E-state index is 0. The van der Waals surface area contributed by atoms with Gasteiger partial charge in [0.05, 0.1) is 0 Å². The van der Waals surface area contributed by atoms with Crippen LogP contribution in [0.4, 0.5) is 0 Å². The van der Waals surface area contributed by atoms with E-state index in [1.165, 1.54) is 25.9 Å². The third kappa shape index (κ3) is 19.3. The molecule has 4 N–H and O–H groups in total. The van der Waals surface area contributed by atoms with E-state index in [9.17, 15) is 0 Å². The molecule has 19 heavy (non-hydrogen) atoms. The Morgan fingerprint density at radius 3 is 2.05 bits per heavy atom. The monoisotopic (exact) mass is 272 g/mol. The van der Waals surface area contributed by atoms with Crippen molar-refractivity contribution >= 4 is 6.79 Å². The third-order valence-electron chi connectivity index (χ3n) is 2.49. The second-order valence-electron chi connectivity index (χ2n) is 3.78. The Morgan fingerprint density at radius 1 is 1.37 bits per heavy atom. The fraction of sp³-hybridized carbons (Fsp3) is 0.533. The standard InChI is InChI=1S/C7H10.C6H14N2.CH4O.CH2O.H2/c1-4-6-7(3)5-2;7-5-6-1-3-8-4-2-6;2*1-2;/h4-6H,1-2H2,3H3;6,8H,1-5,7H2;2H,1H3;1H2;1H/b7-6-;;;;. The quantitative estimate of drug-likeness (QED) is 0.686. The molecule has 0 amide bonds. The fourth-order valence-electron chi connectivity index (χ4n) is 1.37. The van der Waals surface area contributed by atoms with Crippen LogP contribution in [0.3, 0.4) is 0 Å². The molecule has 0 aromatic carbocycles. The number of carbonyl (C=O) groups excluding carboxylic acids is 1. The number of hydrogen-bond acceptors (Lipinski definition) is 4. The molecule has 0 unspecified atom stereocenters. The second kappa shape index (κ2) is 22.0. The molecule has 0 spiro atoms. The second-order valence-corrected chi connectivity index (χ2v) is 3.78. The lowest BCUT2D eigenvalue weighted by atomic mass is 9.99. The zero-order valence-corrected chi connectivity index (χ0v) is 12.4. The molecule has 4 nitrogen and oxygen atoms in total. The molecule has 1 fully saturated rings. The molecule has 0 aromatic heterocycles. The smallest absolute Gasteiger partial charge is 0.106 e. The molecule has 0 atom stereocenters. The van der Waals surface area contributed by atoms with E-state index in [1.54, 1.807) is 12.2 Å². The topological polar surface area (TPSA) is 75.3 Å². The lowest BCUT2D eigenvalue weighted by Gasteiger charge is -2.20. The van der Waals surface area contributed by atoms with Crippen LogP contribution in [0.25, 0.3) is 0 Å². The van der Waals surface area contributed by atoms with Gasteiger partial charge < -0.3 is 21.0 Å². The Balaban J connectivity index is -0.0000000991. The Kier molecular flexibility index (Phi) is 26.5. The number of nitrogens with one attached hydrogen (secondary N) is 1. The van der Waals surface area contributed by atoms with Crippen molar-refractivity contribution < 1.29 is 11.3 Å². The van der Waals surface area contributed by atoms with Crippen molar-refractivity contribution in [3.63, 3.8) is 0 Å². The van der Waals surface area contributed by atoms with Crippen LogP contribution < -0.4 is 11.1 Å². The zero-order chi connectivity index (χ0) is 15.5. The van der Waals surface area contributed by atoms with Crippen molar-refractivity contribution in [1.29, 1.82) is 0 Å². The molecular formula is C15H32N2O2. The summed E-state index contributed by atoms with van der Waals surface area (Å²) >= 11 is 0. The lowest BCUT2D eigenvalue weighted by Crippen LogP contribution is -2.31. The molecule has 0 radical (unpaired) electrons. The fourth-order valence-corrected chi connectivity index (χ4v) is 1.37. The molecule has 1 rings (SSSR count). The Labute approximate surface area is 119 Å². The number of aliphatic hydroxyl groups excluding tert-OH is 1. The van der Waals surface area contributed by atoms with Gasteiger partial charge in [0.1, 0.15) is 6.79 Å². The lowest BCUT2D eigenvalue weighted by molar-refractivity contribution is -0.0979. The number of carbonyl (C=O) groups is 1. The van der Waals surface area contributed by atoms with Gasteiger partial charge in [0, 0.05) is 8.54 Å². The van der Waals surface area contributed by atoms with Gasteiger partial charge in [-0.2, -0.15) is 0 Å². The van der Waals surface area contributed by atoms with Crippen molar-refractivity contribution in [3.8, 4) is 0 Å². The van der Waals surface area contributed by atoms with Crippen molar-refractivity contribution in [2.75, 3.05) is 26.7 Å². The van der Waals surface area contributed by atoms with Gasteiger partial charge in [-0.25, -0.2) is 0 Å². The van der Waals surface area contributed by atoms with Crippen LogP contribution in [0.5, 0.6) is 0 Å². The van der Waals surface area contributed by atoms with E-state index in [4.69, 9.17) is 15.6 Å². The first-order chi connectivity index (χ1) is 9.24. The highest BCUT2D eigenvalue weighted by Crippen LogP contribution is 2.07. The average molecular weight is 272 g/mol. The van der Waals surface area contributed by atoms with E-state index in [2.05, 4.69) is 18.5 Å².